The van der Waals surface area contributed by atoms with Gasteiger partial charge in [0.2, 0.25) is 0 Å². The summed E-state index contributed by atoms with van der Waals surface area (Å²) in [7, 11) is 0. The van der Waals surface area contributed by atoms with Gasteiger partial charge in [0, 0.05) is 22.5 Å². The zero-order valence-corrected chi connectivity index (χ0v) is 15.1. The minimum atomic E-state index is -0.297. The molecular weight excluding hydrogens is 369 g/mol. The van der Waals surface area contributed by atoms with Crippen LogP contribution in [0.15, 0.2) is 53.0 Å². The molecule has 126 valence electrons. The van der Waals surface area contributed by atoms with Crippen LogP contribution >= 0.6 is 15.9 Å². The Kier molecular flexibility index (Phi) is 5.80. The highest BCUT2D eigenvalue weighted by Gasteiger charge is 2.25. The van der Waals surface area contributed by atoms with Gasteiger partial charge in [-0.3, -0.25) is 4.79 Å². The second-order valence-electron chi connectivity index (χ2n) is 6.37. The fourth-order valence-corrected chi connectivity index (χ4v) is 3.69. The Hall–Kier alpha value is -1.52. The van der Waals surface area contributed by atoms with Crippen LogP contribution in [0.2, 0.25) is 0 Å². The molecule has 0 aliphatic carbocycles. The summed E-state index contributed by atoms with van der Waals surface area (Å²) in [6.07, 6.45) is 2.79. The molecule has 2 nitrogen and oxygen atoms in total. The zero-order chi connectivity index (χ0) is 16.9. The first kappa shape index (κ1) is 17.3. The normalized spacial score (nSPS) is 16.2. The molecule has 4 heteroatoms. The summed E-state index contributed by atoms with van der Waals surface area (Å²) >= 11 is 3.50. The van der Waals surface area contributed by atoms with E-state index in [2.05, 4.69) is 39.0 Å². The van der Waals surface area contributed by atoms with Crippen molar-refractivity contribution >= 4 is 21.7 Å². The first-order valence-electron chi connectivity index (χ1n) is 8.38. The molecule has 0 atom stereocenters. The summed E-state index contributed by atoms with van der Waals surface area (Å²) in [5.41, 5.74) is 1.96. The van der Waals surface area contributed by atoms with E-state index < -0.39 is 0 Å². The topological polar surface area (TPSA) is 20.3 Å². The Morgan fingerprint density at radius 1 is 1.12 bits per heavy atom. The van der Waals surface area contributed by atoms with Crippen molar-refractivity contribution < 1.29 is 9.18 Å². The molecule has 1 aliphatic rings. The number of carbonyl (C=O) groups excluding carboxylic acids is 1. The number of ketones is 1. The number of hydrogen-bond donors (Lipinski definition) is 0. The van der Waals surface area contributed by atoms with Crippen molar-refractivity contribution in [2.45, 2.75) is 19.3 Å². The number of Topliss-reactive ketones (excluding diaryl/α,β-unsaturated/α-hetero) is 1. The second-order valence-corrected chi connectivity index (χ2v) is 7.28. The van der Waals surface area contributed by atoms with E-state index in [4.69, 9.17) is 0 Å². The lowest BCUT2D eigenvalue weighted by molar-refractivity contribution is 0.0841. The lowest BCUT2D eigenvalue weighted by Crippen LogP contribution is -2.37. The van der Waals surface area contributed by atoms with Crippen molar-refractivity contribution in [3.05, 3.63) is 69.9 Å². The summed E-state index contributed by atoms with van der Waals surface area (Å²) in [6.45, 7) is 2.92. The zero-order valence-electron chi connectivity index (χ0n) is 13.6. The Morgan fingerprint density at radius 3 is 2.50 bits per heavy atom. The van der Waals surface area contributed by atoms with Gasteiger partial charge in [-0.2, -0.15) is 0 Å². The quantitative estimate of drug-likeness (QED) is 0.689. The maximum absolute atomic E-state index is 13.0. The number of nitrogens with zero attached hydrogens (tertiary/aromatic N) is 1. The SMILES string of the molecule is O=C(c1ccc(F)cc1)C1CCN(CCc2cccc(Br)c2)CC1. The van der Waals surface area contributed by atoms with E-state index in [-0.39, 0.29) is 17.5 Å². The highest BCUT2D eigenvalue weighted by atomic mass is 79.9. The molecule has 3 rings (SSSR count). The highest BCUT2D eigenvalue weighted by molar-refractivity contribution is 9.10. The van der Waals surface area contributed by atoms with Crippen LogP contribution in [0, 0.1) is 11.7 Å². The molecule has 0 spiro atoms. The average Bonchev–Trinajstić information content (AvgIpc) is 2.61. The third-order valence-corrected chi connectivity index (χ3v) is 5.19. The van der Waals surface area contributed by atoms with Gasteiger partial charge in [-0.15, -0.1) is 0 Å². The second kappa shape index (κ2) is 8.04. The van der Waals surface area contributed by atoms with Gasteiger partial charge in [0.25, 0.3) is 0 Å². The molecule has 2 aromatic carbocycles. The fourth-order valence-electron chi connectivity index (χ4n) is 3.25. The lowest BCUT2D eigenvalue weighted by atomic mass is 9.89. The van der Waals surface area contributed by atoms with Crippen molar-refractivity contribution in [1.29, 1.82) is 0 Å². The number of benzene rings is 2. The van der Waals surface area contributed by atoms with E-state index >= 15 is 0 Å². The van der Waals surface area contributed by atoms with E-state index in [1.807, 2.05) is 6.07 Å². The fraction of sp³-hybridized carbons (Fsp3) is 0.350. The Balaban J connectivity index is 1.48. The number of halogens is 2. The molecule has 0 aromatic heterocycles. The monoisotopic (exact) mass is 389 g/mol. The van der Waals surface area contributed by atoms with Crippen LogP contribution in [0.3, 0.4) is 0 Å². The van der Waals surface area contributed by atoms with Crippen LogP contribution in [0.4, 0.5) is 4.39 Å². The molecule has 1 saturated heterocycles. The van der Waals surface area contributed by atoms with Crippen molar-refractivity contribution in [2.24, 2.45) is 5.92 Å². The third kappa shape index (κ3) is 4.52. The van der Waals surface area contributed by atoms with Crippen LogP contribution in [-0.4, -0.2) is 30.3 Å². The minimum absolute atomic E-state index is 0.0672. The van der Waals surface area contributed by atoms with E-state index in [0.717, 1.165) is 43.4 Å². The molecule has 0 bridgehead atoms. The number of piperidine rings is 1. The molecule has 0 amide bonds. The maximum atomic E-state index is 13.0. The van der Waals surface area contributed by atoms with Gasteiger partial charge < -0.3 is 4.90 Å². The number of likely N-dealkylation sites (tertiary alicyclic amines) is 1. The van der Waals surface area contributed by atoms with Crippen LogP contribution in [0.1, 0.15) is 28.8 Å². The highest BCUT2D eigenvalue weighted by Crippen LogP contribution is 2.22. The van der Waals surface area contributed by atoms with E-state index in [9.17, 15) is 9.18 Å². The van der Waals surface area contributed by atoms with E-state index in [1.54, 1.807) is 12.1 Å². The molecule has 1 heterocycles. The van der Waals surface area contributed by atoms with E-state index in [0.29, 0.717) is 5.56 Å². The molecule has 0 unspecified atom stereocenters. The maximum Gasteiger partial charge on any atom is 0.166 e. The largest absolute Gasteiger partial charge is 0.303 e. The van der Waals surface area contributed by atoms with Gasteiger partial charge >= 0.3 is 0 Å². The smallest absolute Gasteiger partial charge is 0.166 e. The van der Waals surface area contributed by atoms with Crippen molar-refractivity contribution in [2.75, 3.05) is 19.6 Å². The van der Waals surface area contributed by atoms with Gasteiger partial charge in [0.05, 0.1) is 0 Å². The minimum Gasteiger partial charge on any atom is -0.303 e. The number of carbonyl (C=O) groups is 1. The van der Waals surface area contributed by atoms with Gasteiger partial charge in [0.1, 0.15) is 5.82 Å². The Morgan fingerprint density at radius 2 is 1.83 bits per heavy atom. The van der Waals surface area contributed by atoms with Crippen LogP contribution in [0.5, 0.6) is 0 Å². The predicted octanol–water partition coefficient (Wildman–Crippen LogP) is 4.73. The molecule has 0 radical (unpaired) electrons. The third-order valence-electron chi connectivity index (χ3n) is 4.69. The molecule has 0 N–H and O–H groups in total. The van der Waals surface area contributed by atoms with Crippen LogP contribution in [0.25, 0.3) is 0 Å². The Bertz CT molecular complexity index is 693. The number of hydrogen-bond acceptors (Lipinski definition) is 2. The molecule has 0 saturated carbocycles. The summed E-state index contributed by atoms with van der Waals surface area (Å²) in [5, 5.41) is 0. The van der Waals surface area contributed by atoms with Crippen LogP contribution in [-0.2, 0) is 6.42 Å². The van der Waals surface area contributed by atoms with Gasteiger partial charge in [0.15, 0.2) is 5.78 Å². The average molecular weight is 390 g/mol. The van der Waals surface area contributed by atoms with Gasteiger partial charge in [-0.05, 0) is 74.3 Å². The lowest BCUT2D eigenvalue weighted by Gasteiger charge is -2.31. The Labute approximate surface area is 150 Å². The summed E-state index contributed by atoms with van der Waals surface area (Å²) in [4.78, 5) is 14.9. The molecule has 1 fully saturated rings. The first-order chi connectivity index (χ1) is 11.6. The van der Waals surface area contributed by atoms with Gasteiger partial charge in [-0.1, -0.05) is 28.1 Å². The van der Waals surface area contributed by atoms with Crippen molar-refractivity contribution in [1.82, 2.24) is 4.90 Å². The first-order valence-corrected chi connectivity index (χ1v) is 9.18. The van der Waals surface area contributed by atoms with Crippen LogP contribution < -0.4 is 0 Å². The summed E-state index contributed by atoms with van der Waals surface area (Å²) in [5.74, 6) is -0.0758. The van der Waals surface area contributed by atoms with Gasteiger partial charge in [-0.25, -0.2) is 4.39 Å². The van der Waals surface area contributed by atoms with Crippen molar-refractivity contribution in [3.8, 4) is 0 Å². The molecule has 24 heavy (non-hydrogen) atoms. The summed E-state index contributed by atoms with van der Waals surface area (Å²) < 4.78 is 14.1. The molecule has 1 aliphatic heterocycles. The predicted molar refractivity (Wildman–Crippen MR) is 97.7 cm³/mol. The summed E-state index contributed by atoms with van der Waals surface area (Å²) in [6, 6.07) is 14.3. The molecular formula is C20H21BrFNO. The molecule has 2 aromatic rings. The standard InChI is InChI=1S/C20H21BrFNO/c21-18-3-1-2-15(14-18)8-11-23-12-9-17(10-13-23)20(24)16-4-6-19(22)7-5-16/h1-7,14,17H,8-13H2. The van der Waals surface area contributed by atoms with Crippen molar-refractivity contribution in [3.63, 3.8) is 0 Å². The van der Waals surface area contributed by atoms with E-state index in [1.165, 1.54) is 17.7 Å². The number of rotatable bonds is 5.